The Morgan fingerprint density at radius 3 is 2.62 bits per heavy atom. The van der Waals surface area contributed by atoms with Crippen molar-refractivity contribution in [3.8, 4) is 0 Å². The second-order valence-electron chi connectivity index (χ2n) is 7.37. The summed E-state index contributed by atoms with van der Waals surface area (Å²) in [6.45, 7) is 7.99. The van der Waals surface area contributed by atoms with Crippen molar-refractivity contribution in [1.82, 2.24) is 10.2 Å². The molecule has 0 aliphatic heterocycles. The van der Waals surface area contributed by atoms with E-state index in [0.717, 1.165) is 19.0 Å². The maximum Gasteiger partial charge on any atom is 0.0231 e. The van der Waals surface area contributed by atoms with E-state index < -0.39 is 0 Å². The van der Waals surface area contributed by atoms with Gasteiger partial charge in [0, 0.05) is 19.6 Å². The highest BCUT2D eigenvalue weighted by Crippen LogP contribution is 2.39. The zero-order valence-electron chi connectivity index (χ0n) is 14.3. The Bertz CT molecular complexity index is 433. The summed E-state index contributed by atoms with van der Waals surface area (Å²) in [5.74, 6) is 0.914. The molecule has 0 bridgehead atoms. The molecule has 0 aromatic heterocycles. The first-order chi connectivity index (χ1) is 10.0. The summed E-state index contributed by atoms with van der Waals surface area (Å²) in [6.07, 6.45) is 5.51. The van der Waals surface area contributed by atoms with E-state index in [1.807, 2.05) is 0 Å². The summed E-state index contributed by atoms with van der Waals surface area (Å²) in [4.78, 5) is 2.52. The van der Waals surface area contributed by atoms with Crippen LogP contribution < -0.4 is 5.32 Å². The van der Waals surface area contributed by atoms with E-state index in [1.54, 1.807) is 0 Å². The molecule has 0 saturated heterocycles. The molecule has 2 nitrogen and oxygen atoms in total. The molecule has 2 heteroatoms. The Balaban J connectivity index is 1.96. The van der Waals surface area contributed by atoms with Crippen molar-refractivity contribution in [2.45, 2.75) is 46.1 Å². The van der Waals surface area contributed by atoms with Gasteiger partial charge in [0.05, 0.1) is 0 Å². The van der Waals surface area contributed by atoms with Gasteiger partial charge >= 0.3 is 0 Å². The van der Waals surface area contributed by atoms with Gasteiger partial charge in [-0.05, 0) is 50.8 Å². The standard InChI is InChI=1S/C19H32N2/c1-16-8-10-19(11-9-16,14-20-3)15-21(4)13-18-7-5-6-17(2)12-18/h5-7,12,16,20H,8-11,13-15H2,1-4H3. The highest BCUT2D eigenvalue weighted by Gasteiger charge is 2.34. The molecule has 1 aromatic carbocycles. The monoisotopic (exact) mass is 288 g/mol. The predicted molar refractivity (Wildman–Crippen MR) is 91.5 cm³/mol. The SMILES string of the molecule is CNCC1(CN(C)Cc2cccc(C)c2)CCC(C)CC1. The fourth-order valence-electron chi connectivity index (χ4n) is 3.89. The molecule has 2 rings (SSSR count). The van der Waals surface area contributed by atoms with E-state index in [0.29, 0.717) is 5.41 Å². The third-order valence-corrected chi connectivity index (χ3v) is 5.03. The molecule has 1 N–H and O–H groups in total. The van der Waals surface area contributed by atoms with Gasteiger partial charge in [0.25, 0.3) is 0 Å². The van der Waals surface area contributed by atoms with Crippen LogP contribution in [0.3, 0.4) is 0 Å². The van der Waals surface area contributed by atoms with E-state index >= 15 is 0 Å². The van der Waals surface area contributed by atoms with Crippen LogP contribution in [0.25, 0.3) is 0 Å². The Labute approximate surface area is 130 Å². The minimum absolute atomic E-state index is 0.472. The van der Waals surface area contributed by atoms with Gasteiger partial charge in [-0.25, -0.2) is 0 Å². The first-order valence-electron chi connectivity index (χ1n) is 8.42. The lowest BCUT2D eigenvalue weighted by molar-refractivity contribution is 0.0979. The maximum absolute atomic E-state index is 3.44. The van der Waals surface area contributed by atoms with Gasteiger partial charge in [0.1, 0.15) is 0 Å². The van der Waals surface area contributed by atoms with E-state index in [4.69, 9.17) is 0 Å². The van der Waals surface area contributed by atoms with Crippen LogP contribution >= 0.6 is 0 Å². The summed E-state index contributed by atoms with van der Waals surface area (Å²) in [7, 11) is 4.37. The fourth-order valence-corrected chi connectivity index (χ4v) is 3.89. The molecule has 1 saturated carbocycles. The number of rotatable bonds is 6. The summed E-state index contributed by atoms with van der Waals surface area (Å²) in [5, 5.41) is 3.44. The number of nitrogens with one attached hydrogen (secondary N) is 1. The van der Waals surface area contributed by atoms with E-state index in [2.05, 4.69) is 62.4 Å². The van der Waals surface area contributed by atoms with Crippen LogP contribution in [0.2, 0.25) is 0 Å². The number of nitrogens with zero attached hydrogens (tertiary/aromatic N) is 1. The Morgan fingerprint density at radius 2 is 2.00 bits per heavy atom. The molecule has 0 atom stereocenters. The number of hydrogen-bond donors (Lipinski definition) is 1. The van der Waals surface area contributed by atoms with Crippen LogP contribution in [-0.2, 0) is 6.54 Å². The average molecular weight is 288 g/mol. The van der Waals surface area contributed by atoms with Crippen molar-refractivity contribution in [2.24, 2.45) is 11.3 Å². The fraction of sp³-hybridized carbons (Fsp3) is 0.684. The van der Waals surface area contributed by atoms with Crippen molar-refractivity contribution in [1.29, 1.82) is 0 Å². The minimum Gasteiger partial charge on any atom is -0.319 e. The molecule has 0 unspecified atom stereocenters. The van der Waals surface area contributed by atoms with Gasteiger partial charge < -0.3 is 10.2 Å². The average Bonchev–Trinajstić information content (AvgIpc) is 2.42. The third-order valence-electron chi connectivity index (χ3n) is 5.03. The third kappa shape index (κ3) is 4.82. The number of benzene rings is 1. The van der Waals surface area contributed by atoms with Crippen molar-refractivity contribution >= 4 is 0 Å². The second-order valence-corrected chi connectivity index (χ2v) is 7.37. The van der Waals surface area contributed by atoms with Crippen LogP contribution in [0.1, 0.15) is 43.7 Å². The minimum atomic E-state index is 0.472. The lowest BCUT2D eigenvalue weighted by Gasteiger charge is -2.42. The summed E-state index contributed by atoms with van der Waals surface area (Å²) < 4.78 is 0. The largest absolute Gasteiger partial charge is 0.319 e. The molecule has 1 aliphatic carbocycles. The van der Waals surface area contributed by atoms with Crippen molar-refractivity contribution in [2.75, 3.05) is 27.2 Å². The van der Waals surface area contributed by atoms with E-state index in [1.165, 1.54) is 43.4 Å². The smallest absolute Gasteiger partial charge is 0.0231 e. The molecule has 1 fully saturated rings. The molecular weight excluding hydrogens is 256 g/mol. The molecule has 0 heterocycles. The molecule has 0 radical (unpaired) electrons. The normalized spacial score (nSPS) is 26.2. The number of hydrogen-bond acceptors (Lipinski definition) is 2. The van der Waals surface area contributed by atoms with E-state index in [9.17, 15) is 0 Å². The lowest BCUT2D eigenvalue weighted by Crippen LogP contribution is -2.44. The zero-order valence-corrected chi connectivity index (χ0v) is 14.3. The molecule has 118 valence electrons. The maximum atomic E-state index is 3.44. The molecule has 1 aromatic rings. The molecule has 0 spiro atoms. The summed E-state index contributed by atoms with van der Waals surface area (Å²) in [6, 6.07) is 8.90. The first kappa shape index (κ1) is 16.5. The van der Waals surface area contributed by atoms with E-state index in [-0.39, 0.29) is 0 Å². The summed E-state index contributed by atoms with van der Waals surface area (Å²) in [5.41, 5.74) is 3.26. The Kier molecular flexibility index (Phi) is 5.83. The van der Waals surface area contributed by atoms with Crippen LogP contribution in [0, 0.1) is 18.3 Å². The van der Waals surface area contributed by atoms with Crippen LogP contribution in [-0.4, -0.2) is 32.1 Å². The van der Waals surface area contributed by atoms with Crippen molar-refractivity contribution in [3.05, 3.63) is 35.4 Å². The number of aryl methyl sites for hydroxylation is 1. The molecule has 21 heavy (non-hydrogen) atoms. The molecular formula is C19H32N2. The van der Waals surface area contributed by atoms with Crippen LogP contribution in [0.15, 0.2) is 24.3 Å². The van der Waals surface area contributed by atoms with Crippen LogP contribution in [0.4, 0.5) is 0 Å². The van der Waals surface area contributed by atoms with Gasteiger partial charge in [-0.15, -0.1) is 0 Å². The Morgan fingerprint density at radius 1 is 1.29 bits per heavy atom. The zero-order chi connectivity index (χ0) is 15.3. The highest BCUT2D eigenvalue weighted by atomic mass is 15.1. The quantitative estimate of drug-likeness (QED) is 0.855. The topological polar surface area (TPSA) is 15.3 Å². The first-order valence-corrected chi connectivity index (χ1v) is 8.42. The molecule has 1 aliphatic rings. The van der Waals surface area contributed by atoms with Gasteiger partial charge in [-0.2, -0.15) is 0 Å². The molecule has 0 amide bonds. The highest BCUT2D eigenvalue weighted by molar-refractivity contribution is 5.22. The van der Waals surface area contributed by atoms with Crippen molar-refractivity contribution in [3.63, 3.8) is 0 Å². The van der Waals surface area contributed by atoms with Gasteiger partial charge in [0.2, 0.25) is 0 Å². The van der Waals surface area contributed by atoms with Gasteiger partial charge in [-0.3, -0.25) is 0 Å². The van der Waals surface area contributed by atoms with Gasteiger partial charge in [-0.1, -0.05) is 49.6 Å². The predicted octanol–water partition coefficient (Wildman–Crippen LogP) is 3.84. The lowest BCUT2D eigenvalue weighted by atomic mass is 9.70. The van der Waals surface area contributed by atoms with Crippen molar-refractivity contribution < 1.29 is 0 Å². The van der Waals surface area contributed by atoms with Gasteiger partial charge in [0.15, 0.2) is 0 Å². The second kappa shape index (κ2) is 7.42. The summed E-state index contributed by atoms with van der Waals surface area (Å²) >= 11 is 0. The van der Waals surface area contributed by atoms with Crippen LogP contribution in [0.5, 0.6) is 0 Å². The Hall–Kier alpha value is -0.860.